The number of ether oxygens (including phenoxy) is 1. The zero-order chi connectivity index (χ0) is 12.3. The van der Waals surface area contributed by atoms with Gasteiger partial charge < -0.3 is 9.64 Å². The van der Waals surface area contributed by atoms with E-state index < -0.39 is 0 Å². The van der Waals surface area contributed by atoms with Gasteiger partial charge in [-0.3, -0.25) is 0 Å². The van der Waals surface area contributed by atoms with Crippen molar-refractivity contribution in [3.63, 3.8) is 0 Å². The first-order valence-corrected chi connectivity index (χ1v) is 6.28. The molecule has 1 fully saturated rings. The smallest absolute Gasteiger partial charge is 0.150 e. The lowest BCUT2D eigenvalue weighted by Gasteiger charge is -2.33. The number of hydrogen-bond donors (Lipinski definition) is 0. The third-order valence-corrected chi connectivity index (χ3v) is 3.66. The topological polar surface area (TPSA) is 12.5 Å². The summed E-state index contributed by atoms with van der Waals surface area (Å²) in [5.74, 6) is 0.376. The van der Waals surface area contributed by atoms with Crippen LogP contribution in [0.25, 0.3) is 0 Å². The largest absolute Gasteiger partial charge is 0.497 e. The van der Waals surface area contributed by atoms with Crippen LogP contribution in [-0.4, -0.2) is 20.2 Å². The molecule has 1 aliphatic carbocycles. The van der Waals surface area contributed by atoms with Crippen LogP contribution in [0.1, 0.15) is 32.1 Å². The molecule has 0 aliphatic heterocycles. The summed E-state index contributed by atoms with van der Waals surface area (Å²) in [5, 5.41) is 0. The first kappa shape index (κ1) is 12.2. The Kier molecular flexibility index (Phi) is 3.87. The van der Waals surface area contributed by atoms with Crippen molar-refractivity contribution >= 4 is 5.69 Å². The molecule has 0 spiro atoms. The van der Waals surface area contributed by atoms with Crippen LogP contribution in [0.2, 0.25) is 0 Å². The van der Waals surface area contributed by atoms with Crippen molar-refractivity contribution < 1.29 is 9.13 Å². The van der Waals surface area contributed by atoms with E-state index in [1.54, 1.807) is 7.11 Å². The van der Waals surface area contributed by atoms with E-state index in [0.717, 1.165) is 0 Å². The van der Waals surface area contributed by atoms with Crippen molar-refractivity contribution in [3.8, 4) is 5.75 Å². The molecular weight excluding hydrogens is 217 g/mol. The molecule has 1 aromatic rings. The molecule has 1 aliphatic rings. The maximum Gasteiger partial charge on any atom is 0.150 e. The van der Waals surface area contributed by atoms with Crippen LogP contribution in [0.3, 0.4) is 0 Å². The zero-order valence-electron chi connectivity index (χ0n) is 10.6. The second kappa shape index (κ2) is 5.39. The summed E-state index contributed by atoms with van der Waals surface area (Å²) in [6.45, 7) is 0. The highest BCUT2D eigenvalue weighted by Gasteiger charge is 2.20. The van der Waals surface area contributed by atoms with E-state index in [-0.39, 0.29) is 5.82 Å². The maximum absolute atomic E-state index is 13.9. The zero-order valence-corrected chi connectivity index (χ0v) is 10.6. The lowest BCUT2D eigenvalue weighted by molar-refractivity contribution is 0.408. The summed E-state index contributed by atoms with van der Waals surface area (Å²) in [4.78, 5) is 2.08. The van der Waals surface area contributed by atoms with E-state index in [2.05, 4.69) is 4.90 Å². The highest BCUT2D eigenvalue weighted by atomic mass is 19.1. The van der Waals surface area contributed by atoms with E-state index in [4.69, 9.17) is 4.74 Å². The molecule has 0 amide bonds. The fourth-order valence-corrected chi connectivity index (χ4v) is 2.57. The molecule has 94 valence electrons. The van der Waals surface area contributed by atoms with Crippen molar-refractivity contribution in [3.05, 3.63) is 24.0 Å². The van der Waals surface area contributed by atoms with Gasteiger partial charge in [-0.05, 0) is 25.0 Å². The molecule has 0 heterocycles. The van der Waals surface area contributed by atoms with E-state index in [1.807, 2.05) is 19.2 Å². The molecule has 0 aromatic heterocycles. The van der Waals surface area contributed by atoms with Crippen LogP contribution in [0, 0.1) is 5.82 Å². The molecule has 17 heavy (non-hydrogen) atoms. The summed E-state index contributed by atoms with van der Waals surface area (Å²) in [6, 6.07) is 5.56. The van der Waals surface area contributed by atoms with Crippen molar-refractivity contribution in [2.75, 3.05) is 19.1 Å². The van der Waals surface area contributed by atoms with Crippen LogP contribution < -0.4 is 9.64 Å². The minimum absolute atomic E-state index is 0.197. The van der Waals surface area contributed by atoms with Gasteiger partial charge in [-0.2, -0.15) is 0 Å². The quantitative estimate of drug-likeness (QED) is 0.796. The molecule has 0 bridgehead atoms. The Morgan fingerprint density at radius 1 is 1.24 bits per heavy atom. The standard InChI is InChI=1S/C14H20FNO/c1-16(11-6-4-3-5-7-11)14-9-8-12(17-2)10-13(14)15/h8-11H,3-7H2,1-2H3. The molecule has 0 N–H and O–H groups in total. The van der Waals surface area contributed by atoms with Crippen LogP contribution in [0.4, 0.5) is 10.1 Å². The predicted molar refractivity (Wildman–Crippen MR) is 68.2 cm³/mol. The Hall–Kier alpha value is -1.25. The summed E-state index contributed by atoms with van der Waals surface area (Å²) in [7, 11) is 3.54. The van der Waals surface area contributed by atoms with Gasteiger partial charge in [-0.1, -0.05) is 19.3 Å². The molecule has 0 unspecified atom stereocenters. The third kappa shape index (κ3) is 2.71. The molecule has 1 aromatic carbocycles. The number of benzene rings is 1. The van der Waals surface area contributed by atoms with E-state index in [9.17, 15) is 4.39 Å². The Morgan fingerprint density at radius 3 is 2.53 bits per heavy atom. The maximum atomic E-state index is 13.9. The number of methoxy groups -OCH3 is 1. The van der Waals surface area contributed by atoms with Gasteiger partial charge in [0.25, 0.3) is 0 Å². The molecule has 2 rings (SSSR count). The van der Waals surface area contributed by atoms with Crippen molar-refractivity contribution in [1.82, 2.24) is 0 Å². The van der Waals surface area contributed by atoms with Crippen LogP contribution >= 0.6 is 0 Å². The van der Waals surface area contributed by atoms with Gasteiger partial charge in [0, 0.05) is 19.2 Å². The number of halogens is 1. The van der Waals surface area contributed by atoms with Crippen molar-refractivity contribution in [2.45, 2.75) is 38.1 Å². The Bertz CT molecular complexity index is 374. The van der Waals surface area contributed by atoms with Gasteiger partial charge in [0.2, 0.25) is 0 Å². The molecule has 0 radical (unpaired) electrons. The van der Waals surface area contributed by atoms with Gasteiger partial charge in [0.05, 0.1) is 12.8 Å². The highest BCUT2D eigenvalue weighted by Crippen LogP contribution is 2.29. The van der Waals surface area contributed by atoms with Crippen molar-refractivity contribution in [1.29, 1.82) is 0 Å². The SMILES string of the molecule is COc1ccc(N(C)C2CCCCC2)c(F)c1. The van der Waals surface area contributed by atoms with Gasteiger partial charge >= 0.3 is 0 Å². The summed E-state index contributed by atoms with van der Waals surface area (Å²) in [6.07, 6.45) is 6.17. The van der Waals surface area contributed by atoms with E-state index in [1.165, 1.54) is 38.2 Å². The predicted octanol–water partition coefficient (Wildman–Crippen LogP) is 3.60. The van der Waals surface area contributed by atoms with Gasteiger partial charge in [0.15, 0.2) is 0 Å². The number of rotatable bonds is 3. The lowest BCUT2D eigenvalue weighted by Crippen LogP contribution is -2.33. The molecule has 2 nitrogen and oxygen atoms in total. The Labute approximate surface area is 102 Å². The van der Waals surface area contributed by atoms with Gasteiger partial charge in [-0.15, -0.1) is 0 Å². The first-order valence-electron chi connectivity index (χ1n) is 6.28. The lowest BCUT2D eigenvalue weighted by atomic mass is 9.94. The van der Waals surface area contributed by atoms with Crippen LogP contribution in [0.5, 0.6) is 5.75 Å². The molecule has 0 saturated heterocycles. The minimum Gasteiger partial charge on any atom is -0.497 e. The van der Waals surface area contributed by atoms with E-state index in [0.29, 0.717) is 17.5 Å². The Morgan fingerprint density at radius 2 is 1.94 bits per heavy atom. The van der Waals surface area contributed by atoms with Crippen molar-refractivity contribution in [2.24, 2.45) is 0 Å². The fourth-order valence-electron chi connectivity index (χ4n) is 2.57. The average molecular weight is 237 g/mol. The molecule has 1 saturated carbocycles. The molecular formula is C14H20FNO. The fraction of sp³-hybridized carbons (Fsp3) is 0.571. The summed E-state index contributed by atoms with van der Waals surface area (Å²) in [5.41, 5.74) is 0.678. The van der Waals surface area contributed by atoms with Gasteiger partial charge in [0.1, 0.15) is 11.6 Å². The Balaban J connectivity index is 2.15. The second-order valence-corrected chi connectivity index (χ2v) is 4.72. The summed E-state index contributed by atoms with van der Waals surface area (Å²) < 4.78 is 18.9. The van der Waals surface area contributed by atoms with Gasteiger partial charge in [-0.25, -0.2) is 4.39 Å². The minimum atomic E-state index is -0.197. The van der Waals surface area contributed by atoms with Crippen LogP contribution in [0.15, 0.2) is 18.2 Å². The highest BCUT2D eigenvalue weighted by molar-refractivity contribution is 5.50. The number of hydrogen-bond acceptors (Lipinski definition) is 2. The first-order chi connectivity index (χ1) is 8.22. The molecule has 0 atom stereocenters. The summed E-state index contributed by atoms with van der Waals surface area (Å²) >= 11 is 0. The monoisotopic (exact) mass is 237 g/mol. The normalized spacial score (nSPS) is 16.9. The van der Waals surface area contributed by atoms with E-state index >= 15 is 0 Å². The van der Waals surface area contributed by atoms with Crippen LogP contribution in [-0.2, 0) is 0 Å². The number of anilines is 1. The third-order valence-electron chi connectivity index (χ3n) is 3.66. The second-order valence-electron chi connectivity index (χ2n) is 4.72. The molecule has 3 heteroatoms. The average Bonchev–Trinajstić information content (AvgIpc) is 2.39. The number of nitrogens with zero attached hydrogens (tertiary/aromatic N) is 1.